The number of amides is 2. The number of carbonyl (C=O) groups excluding carboxylic acids is 3. The number of likely N-dealkylation sites (tertiary alicyclic amines) is 1. The first kappa shape index (κ1) is 27.7. The number of benzene rings is 1. The van der Waals surface area contributed by atoms with E-state index in [2.05, 4.69) is 27.5 Å². The Hall–Kier alpha value is -2.47. The number of piperazine rings is 1. The van der Waals surface area contributed by atoms with Crippen LogP contribution in [0.1, 0.15) is 36.0 Å². The van der Waals surface area contributed by atoms with Crippen molar-refractivity contribution in [3.05, 3.63) is 35.2 Å². The van der Waals surface area contributed by atoms with Crippen molar-refractivity contribution in [1.29, 1.82) is 0 Å². The number of hydrogen-bond donors (Lipinski definition) is 1. The number of fused-ring (bicyclic) bond motifs is 1. The standard InChI is InChI=1S/C29H37N5O4S2/c1-32-11-13-33(14-12-32)29-30-21(17-40-29)18-7-9-20(10-8-18)27(36)31-24(19-5-3-4-6-19)28(37)34-15-23(39-2)26-25(34)22(35)16-38-26/h7-10,17,19,23-26H,3-6,11-16H2,1-2H3,(H,31,36)/t23-,24-,25+,26+/m0/s1. The molecule has 0 bridgehead atoms. The summed E-state index contributed by atoms with van der Waals surface area (Å²) in [6.07, 6.45) is 5.61. The van der Waals surface area contributed by atoms with E-state index in [1.54, 1.807) is 40.1 Å². The van der Waals surface area contributed by atoms with E-state index in [0.717, 1.165) is 68.3 Å². The molecule has 4 fully saturated rings. The predicted octanol–water partition coefficient (Wildman–Crippen LogP) is 2.76. The molecule has 3 saturated heterocycles. The number of rotatable bonds is 7. The molecule has 1 aromatic heterocycles. The highest BCUT2D eigenvalue weighted by Crippen LogP contribution is 2.36. The molecule has 4 aliphatic rings. The first-order valence-corrected chi connectivity index (χ1v) is 16.4. The molecule has 0 spiro atoms. The van der Waals surface area contributed by atoms with Crippen molar-refractivity contribution in [3.63, 3.8) is 0 Å². The average Bonchev–Trinajstić information content (AvgIpc) is 3.78. The van der Waals surface area contributed by atoms with Gasteiger partial charge in [-0.1, -0.05) is 25.0 Å². The number of thioether (sulfide) groups is 1. The van der Waals surface area contributed by atoms with Crippen molar-refractivity contribution in [2.24, 2.45) is 5.92 Å². The summed E-state index contributed by atoms with van der Waals surface area (Å²) in [5.41, 5.74) is 2.37. The number of ketones is 1. The van der Waals surface area contributed by atoms with E-state index in [1.807, 2.05) is 18.4 Å². The Kier molecular flexibility index (Phi) is 8.16. The molecule has 11 heteroatoms. The molecule has 1 N–H and O–H groups in total. The monoisotopic (exact) mass is 583 g/mol. The highest BCUT2D eigenvalue weighted by Gasteiger charge is 2.53. The van der Waals surface area contributed by atoms with Crippen LogP contribution in [0, 0.1) is 5.92 Å². The number of likely N-dealkylation sites (N-methyl/N-ethyl adjacent to an activating group) is 1. The third-order valence-corrected chi connectivity index (χ3v) is 10.8. The van der Waals surface area contributed by atoms with Crippen LogP contribution in [-0.2, 0) is 14.3 Å². The summed E-state index contributed by atoms with van der Waals surface area (Å²) in [7, 11) is 2.14. The second-order valence-electron chi connectivity index (χ2n) is 11.3. The van der Waals surface area contributed by atoms with E-state index in [0.29, 0.717) is 12.1 Å². The lowest BCUT2D eigenvalue weighted by molar-refractivity contribution is -0.139. The van der Waals surface area contributed by atoms with E-state index < -0.39 is 12.1 Å². The van der Waals surface area contributed by atoms with Gasteiger partial charge in [-0.2, -0.15) is 11.8 Å². The van der Waals surface area contributed by atoms with Gasteiger partial charge in [0, 0.05) is 49.2 Å². The van der Waals surface area contributed by atoms with Crippen molar-refractivity contribution in [1.82, 2.24) is 20.1 Å². The fourth-order valence-corrected chi connectivity index (χ4v) is 8.15. The molecular weight excluding hydrogens is 546 g/mol. The molecule has 2 amide bonds. The Labute approximate surface area is 243 Å². The van der Waals surface area contributed by atoms with Crippen LogP contribution in [0.15, 0.2) is 29.6 Å². The fraction of sp³-hybridized carbons (Fsp3) is 0.586. The van der Waals surface area contributed by atoms with Crippen molar-refractivity contribution in [3.8, 4) is 11.3 Å². The van der Waals surface area contributed by atoms with E-state index in [9.17, 15) is 14.4 Å². The van der Waals surface area contributed by atoms with Gasteiger partial charge >= 0.3 is 0 Å². The van der Waals surface area contributed by atoms with Gasteiger partial charge < -0.3 is 24.8 Å². The van der Waals surface area contributed by atoms with Crippen molar-refractivity contribution in [2.45, 2.75) is 49.1 Å². The van der Waals surface area contributed by atoms with Crippen LogP contribution in [-0.4, -0.2) is 108 Å². The lowest BCUT2D eigenvalue weighted by Crippen LogP contribution is -2.54. The van der Waals surface area contributed by atoms with Crippen LogP contribution in [0.4, 0.5) is 5.13 Å². The van der Waals surface area contributed by atoms with Gasteiger partial charge in [-0.25, -0.2) is 4.98 Å². The average molecular weight is 584 g/mol. The molecule has 2 aromatic rings. The number of aromatic nitrogens is 1. The zero-order chi connectivity index (χ0) is 27.8. The molecular formula is C29H37N5O4S2. The molecule has 3 aliphatic heterocycles. The zero-order valence-corrected chi connectivity index (χ0v) is 24.7. The third-order valence-electron chi connectivity index (χ3n) is 8.86. The number of hydrogen-bond acceptors (Lipinski definition) is 9. The minimum absolute atomic E-state index is 0.0418. The molecule has 9 nitrogen and oxygen atoms in total. The zero-order valence-electron chi connectivity index (χ0n) is 23.1. The predicted molar refractivity (Wildman–Crippen MR) is 158 cm³/mol. The first-order valence-electron chi connectivity index (χ1n) is 14.2. The van der Waals surface area contributed by atoms with Crippen molar-refractivity contribution in [2.75, 3.05) is 57.5 Å². The summed E-state index contributed by atoms with van der Waals surface area (Å²) in [6, 6.07) is 6.27. The van der Waals surface area contributed by atoms with Gasteiger partial charge in [0.05, 0.1) is 17.0 Å². The molecule has 0 radical (unpaired) electrons. The Bertz CT molecular complexity index is 1240. The third kappa shape index (κ3) is 5.41. The molecule has 4 heterocycles. The summed E-state index contributed by atoms with van der Waals surface area (Å²) in [4.78, 5) is 51.2. The fourth-order valence-electron chi connectivity index (χ4n) is 6.45. The number of carbonyl (C=O) groups is 3. The molecule has 214 valence electrons. The van der Waals surface area contributed by atoms with Crippen LogP contribution in [0.2, 0.25) is 0 Å². The number of nitrogens with zero attached hydrogens (tertiary/aromatic N) is 4. The lowest BCUT2D eigenvalue weighted by Gasteiger charge is -2.32. The van der Waals surface area contributed by atoms with Gasteiger partial charge in [-0.05, 0) is 44.2 Å². The summed E-state index contributed by atoms with van der Waals surface area (Å²) in [5, 5.41) is 6.24. The minimum Gasteiger partial charge on any atom is -0.367 e. The highest BCUT2D eigenvalue weighted by atomic mass is 32.2. The van der Waals surface area contributed by atoms with Gasteiger partial charge in [0.15, 0.2) is 10.9 Å². The number of nitrogens with one attached hydrogen (secondary N) is 1. The molecule has 0 unspecified atom stereocenters. The maximum Gasteiger partial charge on any atom is 0.251 e. The first-order chi connectivity index (χ1) is 19.4. The summed E-state index contributed by atoms with van der Waals surface area (Å²) in [6.45, 7) is 4.54. The smallest absolute Gasteiger partial charge is 0.251 e. The van der Waals surface area contributed by atoms with E-state index >= 15 is 0 Å². The molecule has 1 saturated carbocycles. The van der Waals surface area contributed by atoms with Crippen molar-refractivity contribution < 1.29 is 19.1 Å². The Morgan fingerprint density at radius 1 is 1.12 bits per heavy atom. The Balaban J connectivity index is 1.15. The van der Waals surface area contributed by atoms with Crippen LogP contribution in [0.25, 0.3) is 11.3 Å². The van der Waals surface area contributed by atoms with Gasteiger partial charge in [0.25, 0.3) is 5.91 Å². The van der Waals surface area contributed by atoms with Gasteiger partial charge in [0.2, 0.25) is 5.91 Å². The molecule has 4 atom stereocenters. The molecule has 1 aromatic carbocycles. The van der Waals surface area contributed by atoms with Gasteiger partial charge in [-0.3, -0.25) is 14.4 Å². The SMILES string of the molecule is CS[C@H]1CN(C(=O)[C@@H](NC(=O)c2ccc(-c3csc(N4CCN(C)CC4)n3)cc2)C2CCCC2)[C@@H]2C(=O)CO[C@H]12. The Morgan fingerprint density at radius 3 is 2.55 bits per heavy atom. The number of Topliss-reactive ketones (excluding diaryl/α,β-unsaturated/α-hetero) is 1. The number of ether oxygens (including phenoxy) is 1. The second kappa shape index (κ2) is 11.8. The second-order valence-corrected chi connectivity index (χ2v) is 13.2. The largest absolute Gasteiger partial charge is 0.367 e. The van der Waals surface area contributed by atoms with E-state index in [-0.39, 0.29) is 41.5 Å². The topological polar surface area (TPSA) is 95.1 Å². The quantitative estimate of drug-likeness (QED) is 0.532. The summed E-state index contributed by atoms with van der Waals surface area (Å²) < 4.78 is 5.76. The van der Waals surface area contributed by atoms with Crippen LogP contribution < -0.4 is 10.2 Å². The lowest BCUT2D eigenvalue weighted by atomic mass is 9.95. The maximum atomic E-state index is 13.9. The minimum atomic E-state index is -0.644. The van der Waals surface area contributed by atoms with Crippen LogP contribution in [0.5, 0.6) is 0 Å². The highest BCUT2D eigenvalue weighted by molar-refractivity contribution is 7.99. The Morgan fingerprint density at radius 2 is 1.85 bits per heavy atom. The molecule has 6 rings (SSSR count). The van der Waals surface area contributed by atoms with Crippen LogP contribution in [0.3, 0.4) is 0 Å². The van der Waals surface area contributed by atoms with E-state index in [4.69, 9.17) is 9.72 Å². The van der Waals surface area contributed by atoms with Gasteiger partial charge in [0.1, 0.15) is 18.7 Å². The van der Waals surface area contributed by atoms with Crippen molar-refractivity contribution >= 4 is 45.8 Å². The summed E-state index contributed by atoms with van der Waals surface area (Å²) >= 11 is 3.28. The normalized spacial score (nSPS) is 26.4. The molecule has 40 heavy (non-hydrogen) atoms. The number of thiazole rings is 1. The molecule has 1 aliphatic carbocycles. The summed E-state index contributed by atoms with van der Waals surface area (Å²) in [5.74, 6) is -0.386. The van der Waals surface area contributed by atoms with E-state index in [1.165, 1.54) is 0 Å². The van der Waals surface area contributed by atoms with Gasteiger partial charge in [-0.15, -0.1) is 11.3 Å². The van der Waals surface area contributed by atoms with Crippen LogP contribution >= 0.6 is 23.1 Å². The maximum absolute atomic E-state index is 13.9. The number of anilines is 1.